The van der Waals surface area contributed by atoms with Gasteiger partial charge < -0.3 is 4.57 Å². The predicted molar refractivity (Wildman–Crippen MR) is 86.7 cm³/mol. The SMILES string of the molecule is Cn1c2c3ccccc3ccc2n2c3ccccc3nc12. The first-order valence-electron chi connectivity index (χ1n) is 7.08. The second-order valence-corrected chi connectivity index (χ2v) is 5.45. The molecule has 0 bridgehead atoms. The minimum Gasteiger partial charge on any atom is -0.312 e. The molecule has 0 atom stereocenters. The van der Waals surface area contributed by atoms with Crippen molar-refractivity contribution in [3.63, 3.8) is 0 Å². The van der Waals surface area contributed by atoms with Crippen LogP contribution < -0.4 is 0 Å². The Bertz CT molecular complexity index is 1140. The third-order valence-electron chi connectivity index (χ3n) is 4.30. The lowest BCUT2D eigenvalue weighted by Gasteiger charge is -2.02. The van der Waals surface area contributed by atoms with Gasteiger partial charge in [0, 0.05) is 12.4 Å². The molecule has 0 aliphatic rings. The number of fused-ring (bicyclic) bond motifs is 7. The number of rotatable bonds is 0. The van der Waals surface area contributed by atoms with Gasteiger partial charge in [-0.05, 0) is 23.6 Å². The molecule has 100 valence electrons. The maximum Gasteiger partial charge on any atom is 0.215 e. The summed E-state index contributed by atoms with van der Waals surface area (Å²) < 4.78 is 4.44. The normalized spacial score (nSPS) is 12.0. The molecule has 5 rings (SSSR count). The van der Waals surface area contributed by atoms with Crippen molar-refractivity contribution in [2.75, 3.05) is 0 Å². The van der Waals surface area contributed by atoms with E-state index in [4.69, 9.17) is 4.98 Å². The van der Waals surface area contributed by atoms with Gasteiger partial charge in [0.05, 0.1) is 22.1 Å². The van der Waals surface area contributed by atoms with E-state index < -0.39 is 0 Å². The van der Waals surface area contributed by atoms with Crippen molar-refractivity contribution in [1.82, 2.24) is 14.0 Å². The summed E-state index contributed by atoms with van der Waals surface area (Å²) in [5.41, 5.74) is 4.65. The van der Waals surface area contributed by atoms with Crippen LogP contribution in [0.2, 0.25) is 0 Å². The summed E-state index contributed by atoms with van der Waals surface area (Å²) in [4.78, 5) is 4.78. The third-order valence-corrected chi connectivity index (χ3v) is 4.30. The van der Waals surface area contributed by atoms with E-state index >= 15 is 0 Å². The maximum atomic E-state index is 4.78. The first-order valence-corrected chi connectivity index (χ1v) is 7.08. The first kappa shape index (κ1) is 10.9. The molecule has 0 N–H and O–H groups in total. The van der Waals surface area contributed by atoms with E-state index in [0.717, 1.165) is 16.8 Å². The van der Waals surface area contributed by atoms with Gasteiger partial charge in [-0.25, -0.2) is 4.98 Å². The molecule has 0 amide bonds. The zero-order chi connectivity index (χ0) is 14.0. The molecule has 3 aromatic carbocycles. The lowest BCUT2D eigenvalue weighted by atomic mass is 10.1. The highest BCUT2D eigenvalue weighted by atomic mass is 15.2. The summed E-state index contributed by atoms with van der Waals surface area (Å²) in [6, 6.07) is 21.2. The summed E-state index contributed by atoms with van der Waals surface area (Å²) >= 11 is 0. The fourth-order valence-corrected chi connectivity index (χ4v) is 3.35. The zero-order valence-corrected chi connectivity index (χ0v) is 11.6. The summed E-state index contributed by atoms with van der Waals surface area (Å²) in [5.74, 6) is 0.988. The number of benzene rings is 3. The zero-order valence-electron chi connectivity index (χ0n) is 11.6. The molecule has 0 spiro atoms. The van der Waals surface area contributed by atoms with Gasteiger partial charge >= 0.3 is 0 Å². The van der Waals surface area contributed by atoms with Gasteiger partial charge in [-0.3, -0.25) is 4.40 Å². The van der Waals surface area contributed by atoms with Gasteiger partial charge in [0.15, 0.2) is 0 Å². The van der Waals surface area contributed by atoms with Crippen molar-refractivity contribution in [3.8, 4) is 0 Å². The first-order chi connectivity index (χ1) is 10.3. The van der Waals surface area contributed by atoms with Crippen molar-refractivity contribution >= 4 is 38.6 Å². The average Bonchev–Trinajstić information content (AvgIpc) is 3.04. The van der Waals surface area contributed by atoms with E-state index in [1.54, 1.807) is 0 Å². The monoisotopic (exact) mass is 271 g/mol. The predicted octanol–water partition coefficient (Wildman–Crippen LogP) is 4.13. The third kappa shape index (κ3) is 1.26. The van der Waals surface area contributed by atoms with Crippen LogP contribution in [0.5, 0.6) is 0 Å². The number of nitrogens with zero attached hydrogens (tertiary/aromatic N) is 3. The Hall–Kier alpha value is -2.81. The fraction of sp³-hybridized carbons (Fsp3) is 0.0556. The number of aryl methyl sites for hydroxylation is 1. The molecule has 0 aliphatic carbocycles. The van der Waals surface area contributed by atoms with E-state index in [1.807, 2.05) is 6.07 Å². The Balaban J connectivity index is 2.15. The molecule has 21 heavy (non-hydrogen) atoms. The largest absolute Gasteiger partial charge is 0.312 e. The molecule has 0 unspecified atom stereocenters. The number of aromatic nitrogens is 3. The molecule has 3 nitrogen and oxygen atoms in total. The minimum atomic E-state index is 0.988. The minimum absolute atomic E-state index is 0.988. The number of hydrogen-bond acceptors (Lipinski definition) is 1. The Kier molecular flexibility index (Phi) is 1.89. The highest BCUT2D eigenvalue weighted by Crippen LogP contribution is 2.30. The van der Waals surface area contributed by atoms with Gasteiger partial charge in [0.2, 0.25) is 5.78 Å². The maximum absolute atomic E-state index is 4.78. The lowest BCUT2D eigenvalue weighted by Crippen LogP contribution is -1.89. The number of hydrogen-bond donors (Lipinski definition) is 0. The van der Waals surface area contributed by atoms with Crippen LogP contribution in [0.25, 0.3) is 38.6 Å². The van der Waals surface area contributed by atoms with E-state index in [1.165, 1.54) is 21.8 Å². The Morgan fingerprint density at radius 2 is 1.62 bits per heavy atom. The Morgan fingerprint density at radius 1 is 0.810 bits per heavy atom. The topological polar surface area (TPSA) is 22.2 Å². The van der Waals surface area contributed by atoms with Gasteiger partial charge in [-0.15, -0.1) is 0 Å². The van der Waals surface area contributed by atoms with Crippen LogP contribution in [0.4, 0.5) is 0 Å². The van der Waals surface area contributed by atoms with Gasteiger partial charge in [0.25, 0.3) is 0 Å². The number of para-hydroxylation sites is 2. The van der Waals surface area contributed by atoms with Crippen LogP contribution in [0, 0.1) is 0 Å². The Morgan fingerprint density at radius 3 is 2.57 bits per heavy atom. The molecule has 0 radical (unpaired) electrons. The van der Waals surface area contributed by atoms with Crippen molar-refractivity contribution in [3.05, 3.63) is 60.7 Å². The van der Waals surface area contributed by atoms with E-state index in [9.17, 15) is 0 Å². The van der Waals surface area contributed by atoms with Crippen LogP contribution in [-0.4, -0.2) is 14.0 Å². The highest BCUT2D eigenvalue weighted by Gasteiger charge is 2.14. The lowest BCUT2D eigenvalue weighted by molar-refractivity contribution is 0.977. The standard InChI is InChI=1S/C18H13N3/c1-20-17-13-7-3-2-6-12(13)10-11-16(17)21-15-9-5-4-8-14(15)19-18(20)21/h2-11H,1H3. The highest BCUT2D eigenvalue weighted by molar-refractivity contribution is 6.07. The quantitative estimate of drug-likeness (QED) is 0.415. The Labute approximate surface area is 121 Å². The van der Waals surface area contributed by atoms with E-state index in [2.05, 4.69) is 70.6 Å². The van der Waals surface area contributed by atoms with Gasteiger partial charge in [-0.1, -0.05) is 42.5 Å². The van der Waals surface area contributed by atoms with Crippen LogP contribution in [0.15, 0.2) is 60.7 Å². The molecule has 2 heterocycles. The molecule has 0 saturated heterocycles. The van der Waals surface area contributed by atoms with Crippen molar-refractivity contribution < 1.29 is 0 Å². The summed E-state index contributed by atoms with van der Waals surface area (Å²) in [5, 5.41) is 2.53. The summed E-state index contributed by atoms with van der Waals surface area (Å²) in [6.45, 7) is 0. The van der Waals surface area contributed by atoms with Crippen molar-refractivity contribution in [2.45, 2.75) is 0 Å². The number of imidazole rings is 2. The molecule has 3 heteroatoms. The average molecular weight is 271 g/mol. The summed E-state index contributed by atoms with van der Waals surface area (Å²) in [6.07, 6.45) is 0. The smallest absolute Gasteiger partial charge is 0.215 e. The molecule has 0 fully saturated rings. The molecular formula is C18H13N3. The molecular weight excluding hydrogens is 258 g/mol. The summed E-state index contributed by atoms with van der Waals surface area (Å²) in [7, 11) is 2.09. The molecule has 0 saturated carbocycles. The van der Waals surface area contributed by atoms with E-state index in [-0.39, 0.29) is 0 Å². The van der Waals surface area contributed by atoms with Crippen LogP contribution >= 0.6 is 0 Å². The molecule has 5 aromatic rings. The molecule has 0 aliphatic heterocycles. The van der Waals surface area contributed by atoms with Gasteiger partial charge in [-0.2, -0.15) is 0 Å². The second kappa shape index (κ2) is 3.64. The van der Waals surface area contributed by atoms with Crippen LogP contribution in [-0.2, 0) is 7.05 Å². The van der Waals surface area contributed by atoms with Crippen molar-refractivity contribution in [2.24, 2.45) is 7.05 Å². The van der Waals surface area contributed by atoms with Crippen LogP contribution in [0.3, 0.4) is 0 Å². The van der Waals surface area contributed by atoms with E-state index in [0.29, 0.717) is 0 Å². The van der Waals surface area contributed by atoms with Crippen LogP contribution in [0.1, 0.15) is 0 Å². The second-order valence-electron chi connectivity index (χ2n) is 5.45. The van der Waals surface area contributed by atoms with Gasteiger partial charge in [0.1, 0.15) is 0 Å². The molecule has 2 aromatic heterocycles. The fourth-order valence-electron chi connectivity index (χ4n) is 3.35. The van der Waals surface area contributed by atoms with Crippen molar-refractivity contribution in [1.29, 1.82) is 0 Å².